The van der Waals surface area contributed by atoms with Crippen LogP contribution in [0.5, 0.6) is 0 Å². The number of Topliss-reactive ketones (excluding diaryl/α,β-unsaturated/α-hetero) is 1. The lowest BCUT2D eigenvalue weighted by molar-refractivity contribution is -0.151. The van der Waals surface area contributed by atoms with E-state index in [4.69, 9.17) is 0 Å². The van der Waals surface area contributed by atoms with Gasteiger partial charge in [-0.05, 0) is 19.8 Å². The van der Waals surface area contributed by atoms with Gasteiger partial charge in [0.2, 0.25) is 5.91 Å². The van der Waals surface area contributed by atoms with Crippen LogP contribution in [-0.4, -0.2) is 42.3 Å². The molecule has 1 aliphatic rings. The molecule has 0 aromatic carbocycles. The van der Waals surface area contributed by atoms with Crippen LogP contribution < -0.4 is 0 Å². The summed E-state index contributed by atoms with van der Waals surface area (Å²) in [5, 5.41) is 0. The lowest BCUT2D eigenvalue weighted by atomic mass is 10.2. The van der Waals surface area contributed by atoms with Gasteiger partial charge in [-0.25, -0.2) is 4.79 Å². The number of carbonyl (C=O) groups excluding carboxylic acids is 3. The van der Waals surface area contributed by atoms with Crippen LogP contribution in [0.1, 0.15) is 32.6 Å². The average Bonchev–Trinajstić information content (AvgIpc) is 2.73. The molecule has 0 aromatic heterocycles. The van der Waals surface area contributed by atoms with Crippen LogP contribution in [0.3, 0.4) is 0 Å². The number of nitrogens with zero attached hydrogens (tertiary/aromatic N) is 1. The van der Waals surface area contributed by atoms with Crippen molar-refractivity contribution in [2.24, 2.45) is 0 Å². The third-order valence-corrected chi connectivity index (χ3v) is 2.74. The Morgan fingerprint density at radius 2 is 2.00 bits per heavy atom. The number of hydrogen-bond donors (Lipinski definition) is 0. The molecule has 1 amide bonds. The quantitative estimate of drug-likeness (QED) is 0.657. The van der Waals surface area contributed by atoms with Gasteiger partial charge in [-0.1, -0.05) is 0 Å². The minimum Gasteiger partial charge on any atom is -0.467 e. The third-order valence-electron chi connectivity index (χ3n) is 2.74. The second kappa shape index (κ2) is 5.63. The Balaban J connectivity index is 2.54. The SMILES string of the molecule is COC(=O)C1CCCN1C(=O)CCC(C)=O. The molecule has 1 saturated heterocycles. The average molecular weight is 227 g/mol. The van der Waals surface area contributed by atoms with Crippen LogP contribution in [0.25, 0.3) is 0 Å². The highest BCUT2D eigenvalue weighted by Crippen LogP contribution is 2.19. The highest BCUT2D eigenvalue weighted by atomic mass is 16.5. The smallest absolute Gasteiger partial charge is 0.328 e. The van der Waals surface area contributed by atoms with Crippen LogP contribution in [0.2, 0.25) is 0 Å². The molecule has 0 N–H and O–H groups in total. The fraction of sp³-hybridized carbons (Fsp3) is 0.727. The normalized spacial score (nSPS) is 19.6. The van der Waals surface area contributed by atoms with Crippen LogP contribution in [0.15, 0.2) is 0 Å². The van der Waals surface area contributed by atoms with Gasteiger partial charge in [-0.15, -0.1) is 0 Å². The fourth-order valence-corrected chi connectivity index (χ4v) is 1.87. The first kappa shape index (κ1) is 12.7. The number of methoxy groups -OCH3 is 1. The van der Waals surface area contributed by atoms with E-state index in [2.05, 4.69) is 4.74 Å². The largest absolute Gasteiger partial charge is 0.467 e. The van der Waals surface area contributed by atoms with E-state index in [1.807, 2.05) is 0 Å². The van der Waals surface area contributed by atoms with Crippen molar-refractivity contribution in [2.45, 2.75) is 38.6 Å². The Kier molecular flexibility index (Phi) is 4.46. The predicted octanol–water partition coefficient (Wildman–Crippen LogP) is 0.520. The number of likely N-dealkylation sites (tertiary alicyclic amines) is 1. The number of carbonyl (C=O) groups is 3. The summed E-state index contributed by atoms with van der Waals surface area (Å²) in [7, 11) is 1.32. The second-order valence-corrected chi connectivity index (χ2v) is 3.97. The molecule has 1 fully saturated rings. The van der Waals surface area contributed by atoms with Crippen molar-refractivity contribution in [3.63, 3.8) is 0 Å². The fourth-order valence-electron chi connectivity index (χ4n) is 1.87. The molecule has 5 nitrogen and oxygen atoms in total. The molecule has 0 aliphatic carbocycles. The van der Waals surface area contributed by atoms with E-state index in [0.29, 0.717) is 13.0 Å². The predicted molar refractivity (Wildman–Crippen MR) is 56.7 cm³/mol. The van der Waals surface area contributed by atoms with E-state index in [1.165, 1.54) is 18.9 Å². The van der Waals surface area contributed by atoms with Crippen molar-refractivity contribution >= 4 is 17.7 Å². The van der Waals surface area contributed by atoms with E-state index < -0.39 is 6.04 Å². The van der Waals surface area contributed by atoms with E-state index in [1.54, 1.807) is 0 Å². The highest BCUT2D eigenvalue weighted by molar-refractivity contribution is 5.87. The van der Waals surface area contributed by atoms with Gasteiger partial charge in [0.05, 0.1) is 7.11 Å². The topological polar surface area (TPSA) is 63.7 Å². The maximum Gasteiger partial charge on any atom is 0.328 e. The van der Waals surface area contributed by atoms with Gasteiger partial charge in [0.15, 0.2) is 0 Å². The number of ether oxygens (including phenoxy) is 1. The molecular formula is C11H17NO4. The molecule has 0 spiro atoms. The summed E-state index contributed by atoms with van der Waals surface area (Å²) in [6, 6.07) is -0.454. The Bertz CT molecular complexity index is 300. The monoisotopic (exact) mass is 227 g/mol. The molecule has 0 bridgehead atoms. The molecule has 0 saturated carbocycles. The Morgan fingerprint density at radius 1 is 1.31 bits per heavy atom. The van der Waals surface area contributed by atoms with E-state index >= 15 is 0 Å². The summed E-state index contributed by atoms with van der Waals surface area (Å²) in [6.45, 7) is 2.03. The van der Waals surface area contributed by atoms with Crippen molar-refractivity contribution in [2.75, 3.05) is 13.7 Å². The van der Waals surface area contributed by atoms with Crippen molar-refractivity contribution in [1.82, 2.24) is 4.90 Å². The molecular weight excluding hydrogens is 210 g/mol. The van der Waals surface area contributed by atoms with Gasteiger partial charge >= 0.3 is 5.97 Å². The number of hydrogen-bond acceptors (Lipinski definition) is 4. The molecule has 0 radical (unpaired) electrons. The second-order valence-electron chi connectivity index (χ2n) is 3.97. The van der Waals surface area contributed by atoms with Gasteiger partial charge in [-0.3, -0.25) is 4.79 Å². The summed E-state index contributed by atoms with van der Waals surface area (Å²) in [6.07, 6.45) is 1.89. The molecule has 1 atom stereocenters. The zero-order valence-corrected chi connectivity index (χ0v) is 9.69. The van der Waals surface area contributed by atoms with Crippen molar-refractivity contribution in [3.05, 3.63) is 0 Å². The van der Waals surface area contributed by atoms with Crippen molar-refractivity contribution in [3.8, 4) is 0 Å². The molecule has 1 rings (SSSR count). The van der Waals surface area contributed by atoms with Gasteiger partial charge < -0.3 is 14.4 Å². The molecule has 5 heteroatoms. The highest BCUT2D eigenvalue weighted by Gasteiger charge is 2.34. The van der Waals surface area contributed by atoms with Crippen LogP contribution in [-0.2, 0) is 19.1 Å². The zero-order chi connectivity index (χ0) is 12.1. The lowest BCUT2D eigenvalue weighted by Crippen LogP contribution is -2.41. The zero-order valence-electron chi connectivity index (χ0n) is 9.69. The first-order chi connectivity index (χ1) is 7.56. The van der Waals surface area contributed by atoms with Gasteiger partial charge in [0.1, 0.15) is 11.8 Å². The van der Waals surface area contributed by atoms with Gasteiger partial charge in [0, 0.05) is 19.4 Å². The molecule has 1 aliphatic heterocycles. The number of rotatable bonds is 4. The summed E-state index contributed by atoms with van der Waals surface area (Å²) in [5.74, 6) is -0.515. The van der Waals surface area contributed by atoms with Crippen molar-refractivity contribution < 1.29 is 19.1 Å². The molecule has 1 unspecified atom stereocenters. The standard InChI is InChI=1S/C11H17NO4/c1-8(13)5-6-10(14)12-7-3-4-9(12)11(15)16-2/h9H,3-7H2,1-2H3. The summed E-state index contributed by atoms with van der Waals surface area (Å²) >= 11 is 0. The third kappa shape index (κ3) is 3.05. The van der Waals surface area contributed by atoms with Crippen LogP contribution in [0.4, 0.5) is 0 Å². The first-order valence-corrected chi connectivity index (χ1v) is 5.43. The van der Waals surface area contributed by atoms with Crippen LogP contribution >= 0.6 is 0 Å². The van der Waals surface area contributed by atoms with Gasteiger partial charge in [-0.2, -0.15) is 0 Å². The Labute approximate surface area is 94.7 Å². The van der Waals surface area contributed by atoms with E-state index in [-0.39, 0.29) is 30.5 Å². The van der Waals surface area contributed by atoms with Crippen molar-refractivity contribution in [1.29, 1.82) is 0 Å². The lowest BCUT2D eigenvalue weighted by Gasteiger charge is -2.22. The maximum atomic E-state index is 11.7. The van der Waals surface area contributed by atoms with Crippen LogP contribution in [0, 0.1) is 0 Å². The Hall–Kier alpha value is -1.39. The number of amides is 1. The minimum atomic E-state index is -0.454. The minimum absolute atomic E-state index is 0.0119. The molecule has 16 heavy (non-hydrogen) atoms. The molecule has 90 valence electrons. The summed E-state index contributed by atoms with van der Waals surface area (Å²) in [4.78, 5) is 35.4. The summed E-state index contributed by atoms with van der Waals surface area (Å²) in [5.41, 5.74) is 0. The molecule has 0 aromatic rings. The van der Waals surface area contributed by atoms with E-state index in [9.17, 15) is 14.4 Å². The summed E-state index contributed by atoms with van der Waals surface area (Å²) < 4.78 is 4.64. The number of esters is 1. The first-order valence-electron chi connectivity index (χ1n) is 5.43. The number of ketones is 1. The van der Waals surface area contributed by atoms with Gasteiger partial charge in [0.25, 0.3) is 0 Å². The maximum absolute atomic E-state index is 11.7. The Morgan fingerprint density at radius 3 is 2.56 bits per heavy atom. The van der Waals surface area contributed by atoms with E-state index in [0.717, 1.165) is 6.42 Å². The molecule has 1 heterocycles.